The van der Waals surface area contributed by atoms with E-state index in [1.165, 1.54) is 0 Å². The molecule has 0 spiro atoms. The van der Waals surface area contributed by atoms with Gasteiger partial charge in [-0.05, 0) is 13.5 Å². The van der Waals surface area contributed by atoms with E-state index in [9.17, 15) is 5.11 Å². The van der Waals surface area contributed by atoms with Gasteiger partial charge in [-0.3, -0.25) is 0 Å². The molecule has 10 heavy (non-hydrogen) atoms. The predicted molar refractivity (Wildman–Crippen MR) is 38.9 cm³/mol. The summed E-state index contributed by atoms with van der Waals surface area (Å²) in [6, 6.07) is 0. The van der Waals surface area contributed by atoms with Gasteiger partial charge in [-0.2, -0.15) is 0 Å². The summed E-state index contributed by atoms with van der Waals surface area (Å²) in [6.45, 7) is 3.21. The fourth-order valence-electron chi connectivity index (χ4n) is 1.00. The van der Waals surface area contributed by atoms with Crippen molar-refractivity contribution in [2.24, 2.45) is 0 Å². The van der Waals surface area contributed by atoms with E-state index in [0.29, 0.717) is 6.61 Å². The van der Waals surface area contributed by atoms with Crippen molar-refractivity contribution >= 4 is 0 Å². The molecule has 1 rings (SSSR count). The summed E-state index contributed by atoms with van der Waals surface area (Å²) in [5.74, 6) is 0. The van der Waals surface area contributed by atoms with Gasteiger partial charge in [0.05, 0.1) is 19.3 Å². The van der Waals surface area contributed by atoms with Crippen LogP contribution >= 0.6 is 0 Å². The Morgan fingerprint density at radius 1 is 1.50 bits per heavy atom. The van der Waals surface area contributed by atoms with Crippen molar-refractivity contribution in [3.63, 3.8) is 0 Å². The predicted octanol–water partition coefficient (Wildman–Crippen LogP) is -0.301. The van der Waals surface area contributed by atoms with Gasteiger partial charge in [0, 0.05) is 13.1 Å². The summed E-state index contributed by atoms with van der Waals surface area (Å²) >= 11 is 0. The van der Waals surface area contributed by atoms with Gasteiger partial charge in [-0.1, -0.05) is 0 Å². The lowest BCUT2D eigenvalue weighted by Gasteiger charge is -2.22. The Labute approximate surface area is 61.6 Å². The van der Waals surface area contributed by atoms with Crippen molar-refractivity contribution < 1.29 is 9.84 Å². The van der Waals surface area contributed by atoms with E-state index in [4.69, 9.17) is 4.74 Å². The average Bonchev–Trinajstić information content (AvgIpc) is 1.90. The molecule has 1 aliphatic rings. The van der Waals surface area contributed by atoms with Crippen LogP contribution in [0.4, 0.5) is 0 Å². The quantitative estimate of drug-likeness (QED) is 0.508. The molecule has 0 aromatic carbocycles. The molecule has 1 fully saturated rings. The van der Waals surface area contributed by atoms with Crippen LogP contribution in [0.25, 0.3) is 0 Å². The number of likely N-dealkylation sites (N-methyl/N-ethyl adjacent to an activating group) is 1. The van der Waals surface area contributed by atoms with Crippen LogP contribution in [0.5, 0.6) is 0 Å². The van der Waals surface area contributed by atoms with E-state index < -0.39 is 0 Å². The molecule has 3 heteroatoms. The Morgan fingerprint density at radius 3 is 3.10 bits per heavy atom. The van der Waals surface area contributed by atoms with E-state index in [-0.39, 0.29) is 6.10 Å². The second-order valence-electron chi connectivity index (χ2n) is 2.82. The van der Waals surface area contributed by atoms with Gasteiger partial charge in [0.15, 0.2) is 0 Å². The Bertz CT molecular complexity index is 85.6. The summed E-state index contributed by atoms with van der Waals surface area (Å²) < 4.78 is 5.17. The first kappa shape index (κ1) is 7.98. The fraction of sp³-hybridized carbons (Fsp3) is 1.00. The Balaban J connectivity index is 2.23. The molecule has 0 radical (unpaired) electrons. The van der Waals surface area contributed by atoms with E-state index in [2.05, 4.69) is 4.90 Å². The zero-order valence-electron chi connectivity index (χ0n) is 6.42. The number of aliphatic hydroxyl groups is 1. The maximum absolute atomic E-state index is 9.18. The number of hydrogen-bond acceptors (Lipinski definition) is 3. The standard InChI is InChI=1S/C7H15NO2/c1-8-3-2-7(9)6-10-5-4-8/h7,9H,2-6H2,1H3. The van der Waals surface area contributed by atoms with Crippen molar-refractivity contribution in [3.05, 3.63) is 0 Å². The van der Waals surface area contributed by atoms with Gasteiger partial charge in [-0.15, -0.1) is 0 Å². The molecule has 0 amide bonds. The molecule has 1 atom stereocenters. The monoisotopic (exact) mass is 145 g/mol. The largest absolute Gasteiger partial charge is 0.391 e. The SMILES string of the molecule is CN1CCOCC(O)CC1. The number of aliphatic hydroxyl groups excluding tert-OH is 1. The molecule has 1 unspecified atom stereocenters. The van der Waals surface area contributed by atoms with Crippen molar-refractivity contribution in [1.82, 2.24) is 4.90 Å². The molecule has 1 N–H and O–H groups in total. The first-order chi connectivity index (χ1) is 4.79. The Morgan fingerprint density at radius 2 is 2.30 bits per heavy atom. The number of hydrogen-bond donors (Lipinski definition) is 1. The molecule has 3 nitrogen and oxygen atoms in total. The van der Waals surface area contributed by atoms with Gasteiger partial charge >= 0.3 is 0 Å². The third-order valence-electron chi connectivity index (χ3n) is 1.77. The molecule has 0 aromatic rings. The molecule has 0 aromatic heterocycles. The van der Waals surface area contributed by atoms with Gasteiger partial charge < -0.3 is 14.7 Å². The van der Waals surface area contributed by atoms with Crippen LogP contribution < -0.4 is 0 Å². The Hall–Kier alpha value is -0.120. The number of nitrogens with zero attached hydrogens (tertiary/aromatic N) is 1. The second-order valence-corrected chi connectivity index (χ2v) is 2.82. The van der Waals surface area contributed by atoms with E-state index in [1.54, 1.807) is 0 Å². The van der Waals surface area contributed by atoms with E-state index in [0.717, 1.165) is 26.1 Å². The van der Waals surface area contributed by atoms with Gasteiger partial charge in [-0.25, -0.2) is 0 Å². The third-order valence-corrected chi connectivity index (χ3v) is 1.77. The molecule has 1 aliphatic heterocycles. The van der Waals surface area contributed by atoms with Crippen LogP contribution in [0.2, 0.25) is 0 Å². The number of rotatable bonds is 0. The summed E-state index contributed by atoms with van der Waals surface area (Å²) in [5.41, 5.74) is 0. The maximum Gasteiger partial charge on any atom is 0.0785 e. The second kappa shape index (κ2) is 3.91. The van der Waals surface area contributed by atoms with Crippen LogP contribution in [0.1, 0.15) is 6.42 Å². The zero-order chi connectivity index (χ0) is 7.40. The molecule has 0 aliphatic carbocycles. The van der Waals surface area contributed by atoms with Crippen LogP contribution in [-0.2, 0) is 4.74 Å². The van der Waals surface area contributed by atoms with Crippen LogP contribution in [0.3, 0.4) is 0 Å². The lowest BCUT2D eigenvalue weighted by Crippen LogP contribution is -2.32. The summed E-state index contributed by atoms with van der Waals surface area (Å²) in [4.78, 5) is 2.17. The van der Waals surface area contributed by atoms with Gasteiger partial charge in [0.1, 0.15) is 0 Å². The first-order valence-electron chi connectivity index (χ1n) is 3.73. The van der Waals surface area contributed by atoms with Crippen LogP contribution in [-0.4, -0.2) is 49.5 Å². The van der Waals surface area contributed by atoms with Crippen molar-refractivity contribution in [2.75, 3.05) is 33.4 Å². The molecule has 0 bridgehead atoms. The van der Waals surface area contributed by atoms with Crippen LogP contribution in [0, 0.1) is 0 Å². The highest BCUT2D eigenvalue weighted by atomic mass is 16.5. The molecule has 0 saturated carbocycles. The zero-order valence-corrected chi connectivity index (χ0v) is 6.42. The minimum atomic E-state index is -0.261. The highest BCUT2D eigenvalue weighted by molar-refractivity contribution is 4.61. The highest BCUT2D eigenvalue weighted by Gasteiger charge is 2.09. The molecular formula is C7H15NO2. The molecular weight excluding hydrogens is 130 g/mol. The van der Waals surface area contributed by atoms with Crippen molar-refractivity contribution in [3.8, 4) is 0 Å². The first-order valence-corrected chi connectivity index (χ1v) is 3.73. The maximum atomic E-state index is 9.18. The molecule has 60 valence electrons. The van der Waals surface area contributed by atoms with Gasteiger partial charge in [0.2, 0.25) is 0 Å². The van der Waals surface area contributed by atoms with Crippen molar-refractivity contribution in [2.45, 2.75) is 12.5 Å². The highest BCUT2D eigenvalue weighted by Crippen LogP contribution is 1.99. The lowest BCUT2D eigenvalue weighted by atomic mass is 10.2. The lowest BCUT2D eigenvalue weighted by molar-refractivity contribution is 0.00468. The normalized spacial score (nSPS) is 31.2. The average molecular weight is 145 g/mol. The molecule has 1 heterocycles. The summed E-state index contributed by atoms with van der Waals surface area (Å²) in [7, 11) is 2.04. The van der Waals surface area contributed by atoms with Crippen LogP contribution in [0.15, 0.2) is 0 Å². The summed E-state index contributed by atoms with van der Waals surface area (Å²) in [5, 5.41) is 9.18. The third kappa shape index (κ3) is 2.64. The van der Waals surface area contributed by atoms with Gasteiger partial charge in [0.25, 0.3) is 0 Å². The fourth-order valence-corrected chi connectivity index (χ4v) is 1.00. The Kier molecular flexibility index (Phi) is 3.12. The topological polar surface area (TPSA) is 32.7 Å². The minimum Gasteiger partial charge on any atom is -0.391 e. The van der Waals surface area contributed by atoms with E-state index >= 15 is 0 Å². The van der Waals surface area contributed by atoms with E-state index in [1.807, 2.05) is 7.05 Å². The van der Waals surface area contributed by atoms with Crippen molar-refractivity contribution in [1.29, 1.82) is 0 Å². The molecule has 1 saturated heterocycles. The minimum absolute atomic E-state index is 0.261. The summed E-state index contributed by atoms with van der Waals surface area (Å²) in [6.07, 6.45) is 0.569. The number of ether oxygens (including phenoxy) is 1. The smallest absolute Gasteiger partial charge is 0.0785 e.